The van der Waals surface area contributed by atoms with Crippen LogP contribution in [0.15, 0.2) is 88.9 Å². The van der Waals surface area contributed by atoms with E-state index in [1.807, 2.05) is 48.5 Å². The maximum absolute atomic E-state index is 13.0. The number of carbonyl (C=O) groups excluding carboxylic acids is 1. The fourth-order valence-corrected chi connectivity index (χ4v) is 4.80. The van der Waals surface area contributed by atoms with Gasteiger partial charge in [0.15, 0.2) is 0 Å². The first kappa shape index (κ1) is 19.7. The van der Waals surface area contributed by atoms with Gasteiger partial charge in [-0.2, -0.15) is 0 Å². The highest BCUT2D eigenvalue weighted by molar-refractivity contribution is 7.99. The van der Waals surface area contributed by atoms with Crippen LogP contribution in [-0.4, -0.2) is 30.5 Å². The van der Waals surface area contributed by atoms with Crippen molar-refractivity contribution in [2.45, 2.75) is 28.8 Å². The van der Waals surface area contributed by atoms with E-state index < -0.39 is 0 Å². The van der Waals surface area contributed by atoms with Gasteiger partial charge in [0.25, 0.3) is 5.91 Å². The Hall–Kier alpha value is -2.63. The summed E-state index contributed by atoms with van der Waals surface area (Å²) in [4.78, 5) is 20.1. The van der Waals surface area contributed by atoms with Crippen LogP contribution < -0.4 is 10.2 Å². The first-order chi connectivity index (χ1) is 14.3. The molecule has 1 fully saturated rings. The molecule has 0 aliphatic carbocycles. The lowest BCUT2D eigenvalue weighted by molar-refractivity contribution is -0.918. The first-order valence-electron chi connectivity index (χ1n) is 10.2. The lowest BCUT2D eigenvalue weighted by Crippen LogP contribution is -3.11. The molecule has 1 amide bonds. The summed E-state index contributed by atoms with van der Waals surface area (Å²) in [6.07, 6.45) is 4.25. The molecule has 1 aromatic heterocycles. The van der Waals surface area contributed by atoms with Crippen molar-refractivity contribution in [1.29, 1.82) is 0 Å². The highest BCUT2D eigenvalue weighted by Crippen LogP contribution is 2.28. The number of nitrogens with zero attached hydrogens (tertiary/aromatic N) is 1. The van der Waals surface area contributed by atoms with Crippen LogP contribution in [-0.2, 0) is 0 Å². The molecule has 1 aliphatic heterocycles. The van der Waals surface area contributed by atoms with Crippen LogP contribution in [0.5, 0.6) is 0 Å². The molecule has 2 aromatic carbocycles. The number of hydrogen-bond donors (Lipinski definition) is 2. The molecule has 1 aliphatic rings. The molecular weight excluding hydrogens is 378 g/mol. The van der Waals surface area contributed by atoms with Crippen molar-refractivity contribution in [2.75, 3.05) is 19.6 Å². The highest BCUT2D eigenvalue weighted by atomic mass is 32.2. The fraction of sp³-hybridized carbons (Fsp3) is 0.250. The molecular formula is C24H26N3OS+. The van der Waals surface area contributed by atoms with E-state index in [9.17, 15) is 4.79 Å². The average Bonchev–Trinajstić information content (AvgIpc) is 3.30. The lowest BCUT2D eigenvalue weighted by Gasteiger charge is -2.25. The smallest absolute Gasteiger partial charge is 0.254 e. The highest BCUT2D eigenvalue weighted by Gasteiger charge is 2.28. The molecule has 1 saturated heterocycles. The van der Waals surface area contributed by atoms with Crippen molar-refractivity contribution in [2.24, 2.45) is 0 Å². The minimum absolute atomic E-state index is 0.0592. The summed E-state index contributed by atoms with van der Waals surface area (Å²) >= 11 is 1.52. The molecule has 3 aromatic rings. The van der Waals surface area contributed by atoms with Gasteiger partial charge in [-0.05, 0) is 24.3 Å². The Morgan fingerprint density at radius 2 is 1.66 bits per heavy atom. The average molecular weight is 405 g/mol. The van der Waals surface area contributed by atoms with Crippen molar-refractivity contribution in [3.05, 3.63) is 90.1 Å². The molecule has 29 heavy (non-hydrogen) atoms. The molecule has 2 N–H and O–H groups in total. The van der Waals surface area contributed by atoms with E-state index in [1.165, 1.54) is 30.2 Å². The van der Waals surface area contributed by atoms with E-state index >= 15 is 0 Å². The Labute approximate surface area is 176 Å². The summed E-state index contributed by atoms with van der Waals surface area (Å²) < 4.78 is 0. The summed E-state index contributed by atoms with van der Waals surface area (Å²) in [5.41, 5.74) is 1.92. The minimum atomic E-state index is -0.0592. The van der Waals surface area contributed by atoms with E-state index in [-0.39, 0.29) is 11.9 Å². The Bertz CT molecular complexity index is 927. The van der Waals surface area contributed by atoms with Crippen molar-refractivity contribution >= 4 is 17.7 Å². The molecule has 0 saturated carbocycles. The Morgan fingerprint density at radius 3 is 2.38 bits per heavy atom. The quantitative estimate of drug-likeness (QED) is 0.635. The predicted molar refractivity (Wildman–Crippen MR) is 116 cm³/mol. The van der Waals surface area contributed by atoms with Crippen LogP contribution in [0.1, 0.15) is 34.8 Å². The maximum atomic E-state index is 13.0. The third-order valence-electron chi connectivity index (χ3n) is 5.38. The lowest BCUT2D eigenvalue weighted by atomic mass is 10.1. The summed E-state index contributed by atoms with van der Waals surface area (Å²) in [5, 5.41) is 3.92. The van der Waals surface area contributed by atoms with E-state index in [0.717, 1.165) is 23.0 Å². The van der Waals surface area contributed by atoms with Crippen LogP contribution in [0.4, 0.5) is 0 Å². The molecule has 148 valence electrons. The van der Waals surface area contributed by atoms with Crippen LogP contribution >= 0.6 is 11.8 Å². The normalized spacial score (nSPS) is 15.2. The number of carbonyl (C=O) groups is 1. The molecule has 4 nitrogen and oxygen atoms in total. The minimum Gasteiger partial charge on any atom is -0.346 e. The molecule has 0 spiro atoms. The third-order valence-corrected chi connectivity index (χ3v) is 6.41. The predicted octanol–water partition coefficient (Wildman–Crippen LogP) is 3.38. The van der Waals surface area contributed by atoms with Gasteiger partial charge in [-0.15, -0.1) is 0 Å². The summed E-state index contributed by atoms with van der Waals surface area (Å²) in [6.45, 7) is 2.96. The van der Waals surface area contributed by atoms with Gasteiger partial charge in [0.2, 0.25) is 0 Å². The molecule has 2 heterocycles. The van der Waals surface area contributed by atoms with Crippen LogP contribution in [0.3, 0.4) is 0 Å². The Balaban J connectivity index is 1.48. The molecule has 0 bridgehead atoms. The molecule has 0 radical (unpaired) electrons. The fourth-order valence-electron chi connectivity index (χ4n) is 3.90. The zero-order valence-electron chi connectivity index (χ0n) is 16.4. The van der Waals surface area contributed by atoms with Crippen LogP contribution in [0, 0.1) is 0 Å². The monoisotopic (exact) mass is 404 g/mol. The molecule has 1 atom stereocenters. The zero-order valence-corrected chi connectivity index (χ0v) is 17.2. The number of likely N-dealkylation sites (tertiary alicyclic amines) is 1. The largest absolute Gasteiger partial charge is 0.346 e. The molecule has 4 rings (SSSR count). The summed E-state index contributed by atoms with van der Waals surface area (Å²) in [7, 11) is 0. The van der Waals surface area contributed by atoms with Gasteiger partial charge in [-0.1, -0.05) is 60.3 Å². The number of nitrogens with one attached hydrogen (secondary N) is 2. The zero-order chi connectivity index (χ0) is 19.9. The standard InChI is InChI=1S/C24H25N3OS/c28-23(21-14-9-15-25-24(21)29-20-12-5-2-6-13-20)26-18-22(27-16-7-8-17-27)19-10-3-1-4-11-19/h1-6,9-15,22H,7-8,16-18H2,(H,26,28)/p+1/t22-/m0/s1. The second-order valence-electron chi connectivity index (χ2n) is 7.31. The summed E-state index contributed by atoms with van der Waals surface area (Å²) in [5.74, 6) is -0.0592. The van der Waals surface area contributed by atoms with E-state index in [0.29, 0.717) is 12.1 Å². The van der Waals surface area contributed by atoms with Gasteiger partial charge in [0, 0.05) is 29.5 Å². The topological polar surface area (TPSA) is 46.4 Å². The van der Waals surface area contributed by atoms with E-state index in [4.69, 9.17) is 0 Å². The number of hydrogen-bond acceptors (Lipinski definition) is 3. The number of rotatable bonds is 7. The van der Waals surface area contributed by atoms with Gasteiger partial charge in [0.1, 0.15) is 11.1 Å². The van der Waals surface area contributed by atoms with Gasteiger partial charge in [-0.3, -0.25) is 4.79 Å². The van der Waals surface area contributed by atoms with Gasteiger partial charge in [-0.25, -0.2) is 4.98 Å². The SMILES string of the molecule is O=C(NC[C@@H](c1ccccc1)[NH+]1CCCC1)c1cccnc1Sc1ccccc1. The first-order valence-corrected chi connectivity index (χ1v) is 11.0. The number of pyridine rings is 1. The molecule has 0 unspecified atom stereocenters. The Kier molecular flexibility index (Phi) is 6.60. The second kappa shape index (κ2) is 9.72. The number of aromatic nitrogens is 1. The van der Waals surface area contributed by atoms with Crippen molar-refractivity contribution in [3.63, 3.8) is 0 Å². The van der Waals surface area contributed by atoms with Gasteiger partial charge >= 0.3 is 0 Å². The maximum Gasteiger partial charge on any atom is 0.254 e. The van der Waals surface area contributed by atoms with Gasteiger partial charge in [0.05, 0.1) is 25.2 Å². The van der Waals surface area contributed by atoms with Crippen molar-refractivity contribution < 1.29 is 9.69 Å². The number of amides is 1. The third kappa shape index (κ3) is 5.05. The van der Waals surface area contributed by atoms with E-state index in [1.54, 1.807) is 11.1 Å². The van der Waals surface area contributed by atoms with Gasteiger partial charge < -0.3 is 10.2 Å². The van der Waals surface area contributed by atoms with Crippen molar-refractivity contribution in [1.82, 2.24) is 10.3 Å². The Morgan fingerprint density at radius 1 is 0.966 bits per heavy atom. The number of quaternary nitrogens is 1. The number of benzene rings is 2. The molecule has 5 heteroatoms. The summed E-state index contributed by atoms with van der Waals surface area (Å²) in [6, 6.07) is 24.5. The van der Waals surface area contributed by atoms with Crippen LogP contribution in [0.2, 0.25) is 0 Å². The second-order valence-corrected chi connectivity index (χ2v) is 8.37. The van der Waals surface area contributed by atoms with E-state index in [2.05, 4.69) is 34.6 Å². The van der Waals surface area contributed by atoms with Crippen LogP contribution in [0.25, 0.3) is 0 Å². The van der Waals surface area contributed by atoms with Crippen molar-refractivity contribution in [3.8, 4) is 0 Å².